The van der Waals surface area contributed by atoms with Gasteiger partial charge in [-0.25, -0.2) is 0 Å². The van der Waals surface area contributed by atoms with Crippen LogP contribution in [0.2, 0.25) is 0 Å². The average molecular weight is 396 g/mol. The first-order valence-corrected chi connectivity index (χ1v) is 8.22. The first-order chi connectivity index (χ1) is 8.25. The minimum absolute atomic E-state index is 0. The predicted octanol–water partition coefficient (Wildman–Crippen LogP) is 6.40. The molecule has 0 spiro atoms. The fourth-order valence-corrected chi connectivity index (χ4v) is 1.90. The molecule has 0 saturated carbocycles. The number of aromatic nitrogens is 1. The zero-order chi connectivity index (χ0) is 14.3. The molecule has 1 atom stereocenters. The average Bonchev–Trinajstić information content (AvgIpc) is 2.29. The molecule has 0 saturated heterocycles. The largest absolute Gasteiger partial charge is 0.344 e. The second-order valence-corrected chi connectivity index (χ2v) is 7.65. The highest BCUT2D eigenvalue weighted by Gasteiger charge is 2.09. The van der Waals surface area contributed by atoms with Crippen molar-refractivity contribution in [3.05, 3.63) is 28.5 Å². The van der Waals surface area contributed by atoms with Crippen LogP contribution >= 0.6 is 31.9 Å². The molecule has 2 nitrogen and oxygen atoms in total. The maximum atomic E-state index is 4.18. The molecule has 0 bridgehead atoms. The van der Waals surface area contributed by atoms with E-state index in [9.17, 15) is 0 Å². The van der Waals surface area contributed by atoms with E-state index in [-0.39, 0.29) is 6.15 Å². The van der Waals surface area contributed by atoms with Gasteiger partial charge in [-0.15, -0.1) is 0 Å². The first kappa shape index (κ1) is 21.4. The maximum Gasteiger partial charge on any atom is 0.0539 e. The molecule has 0 aromatic carbocycles. The van der Waals surface area contributed by atoms with Crippen molar-refractivity contribution in [3.63, 3.8) is 0 Å². The minimum Gasteiger partial charge on any atom is -0.344 e. The first-order valence-electron chi connectivity index (χ1n) is 6.51. The molecular weight excluding hydrogens is 368 g/mol. The van der Waals surface area contributed by atoms with E-state index in [0.29, 0.717) is 4.83 Å². The fraction of sp³-hybridized carbons (Fsp3) is 0.667. The summed E-state index contributed by atoms with van der Waals surface area (Å²) in [7, 11) is 0. The third-order valence-corrected chi connectivity index (χ3v) is 4.20. The lowest BCUT2D eigenvalue weighted by Gasteiger charge is -2.18. The lowest BCUT2D eigenvalue weighted by molar-refractivity contribution is 0.316. The van der Waals surface area contributed by atoms with Crippen LogP contribution in [0.25, 0.3) is 0 Å². The number of alkyl halides is 1. The highest BCUT2D eigenvalue weighted by Crippen LogP contribution is 2.20. The second kappa shape index (κ2) is 10.8. The summed E-state index contributed by atoms with van der Waals surface area (Å²) in [5, 5.41) is 0. The van der Waals surface area contributed by atoms with Gasteiger partial charge in [-0.2, -0.15) is 0 Å². The van der Waals surface area contributed by atoms with Crippen molar-refractivity contribution in [1.82, 2.24) is 11.1 Å². The summed E-state index contributed by atoms with van der Waals surface area (Å²) in [4.78, 5) is 4.52. The summed E-state index contributed by atoms with van der Waals surface area (Å²) in [5.74, 6) is 2.56. The van der Waals surface area contributed by atoms with Crippen molar-refractivity contribution in [1.29, 1.82) is 0 Å². The van der Waals surface area contributed by atoms with E-state index in [1.807, 2.05) is 12.1 Å². The number of hydrogen-bond acceptors (Lipinski definition) is 2. The number of rotatable bonds is 3. The predicted molar refractivity (Wildman–Crippen MR) is 93.1 cm³/mol. The Morgan fingerprint density at radius 1 is 0.947 bits per heavy atom. The molecule has 0 fully saturated rings. The summed E-state index contributed by atoms with van der Waals surface area (Å²) >= 11 is 6.75. The van der Waals surface area contributed by atoms with Gasteiger partial charge in [0.2, 0.25) is 0 Å². The Kier molecular flexibility index (Phi) is 12.2. The van der Waals surface area contributed by atoms with Gasteiger partial charge < -0.3 is 6.15 Å². The lowest BCUT2D eigenvalue weighted by atomic mass is 9.88. The van der Waals surface area contributed by atoms with Gasteiger partial charge in [-0.1, -0.05) is 50.5 Å². The van der Waals surface area contributed by atoms with Crippen LogP contribution in [0.4, 0.5) is 0 Å². The van der Waals surface area contributed by atoms with Crippen LogP contribution in [0, 0.1) is 17.8 Å². The molecule has 1 unspecified atom stereocenters. The molecule has 1 aromatic heterocycles. The van der Waals surface area contributed by atoms with E-state index < -0.39 is 0 Å². The van der Waals surface area contributed by atoms with Gasteiger partial charge in [0.25, 0.3) is 0 Å². The van der Waals surface area contributed by atoms with E-state index in [4.69, 9.17) is 0 Å². The van der Waals surface area contributed by atoms with Crippen molar-refractivity contribution in [2.75, 3.05) is 0 Å². The summed E-state index contributed by atoms with van der Waals surface area (Å²) < 4.78 is 1.02. The van der Waals surface area contributed by atoms with Crippen molar-refractivity contribution >= 4 is 31.9 Å². The van der Waals surface area contributed by atoms with Crippen molar-refractivity contribution in [2.45, 2.75) is 46.4 Å². The second-order valence-electron chi connectivity index (χ2n) is 5.36. The summed E-state index contributed by atoms with van der Waals surface area (Å²) in [6.45, 7) is 13.5. The summed E-state index contributed by atoms with van der Waals surface area (Å²) in [6, 6.07) is 3.98. The zero-order valence-corrected chi connectivity index (χ0v) is 16.1. The van der Waals surface area contributed by atoms with Crippen molar-refractivity contribution < 1.29 is 0 Å². The fourth-order valence-electron chi connectivity index (χ4n) is 1.39. The van der Waals surface area contributed by atoms with E-state index in [0.717, 1.165) is 27.9 Å². The minimum atomic E-state index is 0. The van der Waals surface area contributed by atoms with Crippen LogP contribution in [0.15, 0.2) is 22.8 Å². The van der Waals surface area contributed by atoms with Gasteiger partial charge in [0.05, 0.1) is 10.5 Å². The van der Waals surface area contributed by atoms with Gasteiger partial charge in [0, 0.05) is 10.7 Å². The van der Waals surface area contributed by atoms with Crippen LogP contribution < -0.4 is 6.15 Å². The molecule has 112 valence electrons. The quantitative estimate of drug-likeness (QED) is 0.602. The maximum absolute atomic E-state index is 4.18. The SMILES string of the molecule is CC(Br)c1ccc(Br)cn1.CC(C)C(C)C(C)C.N. The van der Waals surface area contributed by atoms with Crippen LogP contribution in [-0.4, -0.2) is 4.98 Å². The molecular formula is C15H28Br2N2. The monoisotopic (exact) mass is 394 g/mol. The van der Waals surface area contributed by atoms with Crippen LogP contribution in [0.5, 0.6) is 0 Å². The van der Waals surface area contributed by atoms with Crippen LogP contribution in [0.1, 0.15) is 52.1 Å². The summed E-state index contributed by atoms with van der Waals surface area (Å²) in [6.07, 6.45) is 1.80. The zero-order valence-electron chi connectivity index (χ0n) is 13.0. The Bertz CT molecular complexity index is 313. The van der Waals surface area contributed by atoms with Gasteiger partial charge in [0.1, 0.15) is 0 Å². The normalized spacial score (nSPS) is 11.9. The summed E-state index contributed by atoms with van der Waals surface area (Å²) in [5.41, 5.74) is 1.06. The number of halogens is 2. The standard InChI is InChI=1S/C8H18.C7H7Br2N.H3N/c1-6(2)8(5)7(3)4;1-5(8)7-3-2-6(9)4-10-7;/h6-8H,1-5H3;2-5H,1H3;1H3. The molecule has 1 heterocycles. The lowest BCUT2D eigenvalue weighted by Crippen LogP contribution is -2.10. The van der Waals surface area contributed by atoms with Crippen molar-refractivity contribution in [3.8, 4) is 0 Å². The highest BCUT2D eigenvalue weighted by molar-refractivity contribution is 9.10. The van der Waals surface area contributed by atoms with E-state index in [1.54, 1.807) is 6.20 Å². The highest BCUT2D eigenvalue weighted by atomic mass is 79.9. The number of nitrogens with zero attached hydrogens (tertiary/aromatic N) is 1. The molecule has 0 amide bonds. The van der Waals surface area contributed by atoms with E-state index in [2.05, 4.69) is 78.4 Å². The molecule has 0 aliphatic heterocycles. The Balaban J connectivity index is 0. The van der Waals surface area contributed by atoms with Gasteiger partial charge in [-0.05, 0) is 52.7 Å². The van der Waals surface area contributed by atoms with Crippen LogP contribution in [-0.2, 0) is 0 Å². The molecule has 1 rings (SSSR count). The van der Waals surface area contributed by atoms with Gasteiger partial charge in [0.15, 0.2) is 0 Å². The smallest absolute Gasteiger partial charge is 0.0539 e. The topological polar surface area (TPSA) is 47.9 Å². The molecule has 0 radical (unpaired) electrons. The molecule has 0 aliphatic carbocycles. The molecule has 3 N–H and O–H groups in total. The number of hydrogen-bond donors (Lipinski definition) is 1. The molecule has 0 aliphatic rings. The van der Waals surface area contributed by atoms with E-state index in [1.165, 1.54) is 0 Å². The van der Waals surface area contributed by atoms with E-state index >= 15 is 0 Å². The van der Waals surface area contributed by atoms with Crippen LogP contribution in [0.3, 0.4) is 0 Å². The Hall–Kier alpha value is 0.0700. The number of pyridine rings is 1. The Morgan fingerprint density at radius 3 is 1.63 bits per heavy atom. The molecule has 1 aromatic rings. The molecule has 4 heteroatoms. The van der Waals surface area contributed by atoms with Crippen molar-refractivity contribution in [2.24, 2.45) is 17.8 Å². The Morgan fingerprint density at radius 2 is 1.42 bits per heavy atom. The Labute approximate surface area is 135 Å². The third-order valence-electron chi connectivity index (χ3n) is 3.26. The molecule has 19 heavy (non-hydrogen) atoms. The van der Waals surface area contributed by atoms with Gasteiger partial charge in [-0.3, -0.25) is 4.98 Å². The third kappa shape index (κ3) is 9.58. The van der Waals surface area contributed by atoms with Gasteiger partial charge >= 0.3 is 0 Å².